The third-order valence-electron chi connectivity index (χ3n) is 1.92. The standard InChI is InChI=1S/C8H6N6S/c9-8-11-1-4-6(14-8)13-7(12-4)5-2-10-3-15-5/h1-3H,(H3,9,11,12,13,14). The van der Waals surface area contributed by atoms with Crippen molar-refractivity contribution in [3.8, 4) is 10.7 Å². The minimum atomic E-state index is 0.227. The van der Waals surface area contributed by atoms with Gasteiger partial charge in [-0.15, -0.1) is 11.3 Å². The highest BCUT2D eigenvalue weighted by Gasteiger charge is 2.07. The lowest BCUT2D eigenvalue weighted by Gasteiger charge is -1.87. The van der Waals surface area contributed by atoms with E-state index in [1.165, 1.54) is 11.3 Å². The van der Waals surface area contributed by atoms with Gasteiger partial charge in [0.2, 0.25) is 5.95 Å². The molecule has 6 nitrogen and oxygen atoms in total. The first kappa shape index (κ1) is 8.30. The van der Waals surface area contributed by atoms with Gasteiger partial charge in [0, 0.05) is 6.20 Å². The lowest BCUT2D eigenvalue weighted by atomic mass is 10.5. The number of fused-ring (bicyclic) bond motifs is 1. The summed E-state index contributed by atoms with van der Waals surface area (Å²) in [5.74, 6) is 0.970. The van der Waals surface area contributed by atoms with E-state index >= 15 is 0 Å². The van der Waals surface area contributed by atoms with Crippen LogP contribution in [0.4, 0.5) is 5.95 Å². The van der Waals surface area contributed by atoms with Gasteiger partial charge in [-0.05, 0) is 0 Å². The Morgan fingerprint density at radius 3 is 3.00 bits per heavy atom. The third kappa shape index (κ3) is 1.33. The number of nitrogens with two attached hydrogens (primary N) is 1. The number of imidazole rings is 1. The normalized spacial score (nSPS) is 10.9. The molecule has 3 N–H and O–H groups in total. The lowest BCUT2D eigenvalue weighted by Crippen LogP contribution is -1.93. The number of aromatic nitrogens is 5. The number of H-pyrrole nitrogens is 1. The van der Waals surface area contributed by atoms with Crippen molar-refractivity contribution >= 4 is 28.4 Å². The molecule has 0 saturated carbocycles. The van der Waals surface area contributed by atoms with Gasteiger partial charge in [-0.25, -0.2) is 9.97 Å². The molecule has 0 amide bonds. The Morgan fingerprint density at radius 2 is 2.20 bits per heavy atom. The lowest BCUT2D eigenvalue weighted by molar-refractivity contribution is 1.22. The van der Waals surface area contributed by atoms with E-state index in [0.717, 1.165) is 16.2 Å². The summed E-state index contributed by atoms with van der Waals surface area (Å²) in [6.45, 7) is 0. The fourth-order valence-electron chi connectivity index (χ4n) is 1.27. The summed E-state index contributed by atoms with van der Waals surface area (Å²) in [6, 6.07) is 0. The molecule has 3 heterocycles. The zero-order valence-corrected chi connectivity index (χ0v) is 8.32. The number of hydrogen-bond acceptors (Lipinski definition) is 6. The van der Waals surface area contributed by atoms with Crippen LogP contribution in [0.3, 0.4) is 0 Å². The van der Waals surface area contributed by atoms with Gasteiger partial charge in [0.15, 0.2) is 11.5 Å². The van der Waals surface area contributed by atoms with Crippen molar-refractivity contribution < 1.29 is 0 Å². The second-order valence-corrected chi connectivity index (χ2v) is 3.80. The molecule has 0 atom stereocenters. The maximum atomic E-state index is 5.47. The summed E-state index contributed by atoms with van der Waals surface area (Å²) in [5, 5.41) is 0. The number of aromatic amines is 1. The number of nitrogens with one attached hydrogen (secondary N) is 1. The van der Waals surface area contributed by atoms with E-state index in [1.807, 2.05) is 0 Å². The predicted molar refractivity (Wildman–Crippen MR) is 57.2 cm³/mol. The van der Waals surface area contributed by atoms with E-state index in [9.17, 15) is 0 Å². The molecule has 0 aliphatic heterocycles. The van der Waals surface area contributed by atoms with Gasteiger partial charge in [0.25, 0.3) is 0 Å². The molecule has 0 saturated heterocycles. The molecule has 15 heavy (non-hydrogen) atoms. The van der Waals surface area contributed by atoms with Gasteiger partial charge in [0.1, 0.15) is 5.52 Å². The predicted octanol–water partition coefficient (Wildman–Crippen LogP) is 1.06. The number of nitrogen functional groups attached to an aromatic ring is 1. The topological polar surface area (TPSA) is 93.4 Å². The average Bonchev–Trinajstić information content (AvgIpc) is 2.84. The van der Waals surface area contributed by atoms with Crippen LogP contribution in [0.5, 0.6) is 0 Å². The van der Waals surface area contributed by atoms with E-state index in [1.54, 1.807) is 17.9 Å². The largest absolute Gasteiger partial charge is 0.368 e. The molecule has 3 aromatic heterocycles. The molecule has 3 rings (SSSR count). The van der Waals surface area contributed by atoms with E-state index in [4.69, 9.17) is 5.73 Å². The van der Waals surface area contributed by atoms with Gasteiger partial charge >= 0.3 is 0 Å². The SMILES string of the molecule is Nc1ncc2[nH]c(-c3cncs3)nc2n1. The van der Waals surface area contributed by atoms with Crippen molar-refractivity contribution in [2.45, 2.75) is 0 Å². The number of rotatable bonds is 1. The van der Waals surface area contributed by atoms with Crippen molar-refractivity contribution in [1.29, 1.82) is 0 Å². The van der Waals surface area contributed by atoms with E-state index < -0.39 is 0 Å². The second kappa shape index (κ2) is 2.99. The minimum absolute atomic E-state index is 0.227. The zero-order valence-electron chi connectivity index (χ0n) is 7.51. The van der Waals surface area contributed by atoms with Crippen LogP contribution in [0.25, 0.3) is 21.9 Å². The highest BCUT2D eigenvalue weighted by Crippen LogP contribution is 2.22. The quantitative estimate of drug-likeness (QED) is 0.637. The van der Waals surface area contributed by atoms with Crippen LogP contribution < -0.4 is 5.73 Å². The fourth-order valence-corrected chi connectivity index (χ4v) is 1.84. The summed E-state index contributed by atoms with van der Waals surface area (Å²) in [7, 11) is 0. The van der Waals surface area contributed by atoms with E-state index in [2.05, 4.69) is 24.9 Å². The number of anilines is 1. The maximum Gasteiger partial charge on any atom is 0.222 e. The smallest absolute Gasteiger partial charge is 0.222 e. The first-order valence-electron chi connectivity index (χ1n) is 4.20. The molecular formula is C8H6N6S. The Labute approximate surface area is 88.2 Å². The van der Waals surface area contributed by atoms with Crippen LogP contribution in [0.1, 0.15) is 0 Å². The highest BCUT2D eigenvalue weighted by atomic mass is 32.1. The van der Waals surface area contributed by atoms with Crippen LogP contribution in [0.2, 0.25) is 0 Å². The average molecular weight is 218 g/mol. The van der Waals surface area contributed by atoms with Crippen LogP contribution in [-0.4, -0.2) is 24.9 Å². The molecule has 0 aliphatic carbocycles. The first-order valence-corrected chi connectivity index (χ1v) is 5.08. The van der Waals surface area contributed by atoms with Gasteiger partial charge < -0.3 is 10.7 Å². The molecule has 3 aromatic rings. The number of hydrogen-bond donors (Lipinski definition) is 2. The summed E-state index contributed by atoms with van der Waals surface area (Å²) in [5.41, 5.74) is 8.56. The summed E-state index contributed by atoms with van der Waals surface area (Å²) in [6.07, 6.45) is 3.37. The summed E-state index contributed by atoms with van der Waals surface area (Å²) >= 11 is 1.51. The molecule has 0 unspecified atom stereocenters. The number of nitrogens with zero attached hydrogens (tertiary/aromatic N) is 4. The minimum Gasteiger partial charge on any atom is -0.368 e. The van der Waals surface area contributed by atoms with Crippen LogP contribution in [0, 0.1) is 0 Å². The Bertz CT molecular complexity index is 599. The van der Waals surface area contributed by atoms with Crippen molar-refractivity contribution in [2.75, 3.05) is 5.73 Å². The molecule has 0 spiro atoms. The Morgan fingerprint density at radius 1 is 1.27 bits per heavy atom. The van der Waals surface area contributed by atoms with E-state index in [-0.39, 0.29) is 5.95 Å². The van der Waals surface area contributed by atoms with Gasteiger partial charge in [-0.2, -0.15) is 4.98 Å². The Balaban J connectivity index is 2.22. The fraction of sp³-hybridized carbons (Fsp3) is 0. The Kier molecular flexibility index (Phi) is 1.65. The van der Waals surface area contributed by atoms with Crippen molar-refractivity contribution in [3.63, 3.8) is 0 Å². The molecular weight excluding hydrogens is 212 g/mol. The van der Waals surface area contributed by atoms with Crippen molar-refractivity contribution in [3.05, 3.63) is 17.9 Å². The van der Waals surface area contributed by atoms with Crippen LogP contribution in [-0.2, 0) is 0 Å². The molecule has 0 aromatic carbocycles. The number of thiazole rings is 1. The molecule has 0 radical (unpaired) electrons. The van der Waals surface area contributed by atoms with Gasteiger partial charge in [-0.1, -0.05) is 0 Å². The maximum absolute atomic E-state index is 5.47. The van der Waals surface area contributed by atoms with Crippen molar-refractivity contribution in [2.24, 2.45) is 0 Å². The van der Waals surface area contributed by atoms with Crippen LogP contribution >= 0.6 is 11.3 Å². The summed E-state index contributed by atoms with van der Waals surface area (Å²) in [4.78, 5) is 20.3. The highest BCUT2D eigenvalue weighted by molar-refractivity contribution is 7.13. The first-order chi connectivity index (χ1) is 7.33. The molecule has 74 valence electrons. The molecule has 7 heteroatoms. The molecule has 0 fully saturated rings. The van der Waals surface area contributed by atoms with Gasteiger partial charge in [-0.3, -0.25) is 4.98 Å². The van der Waals surface area contributed by atoms with Crippen molar-refractivity contribution in [1.82, 2.24) is 24.9 Å². The molecule has 0 aliphatic rings. The zero-order chi connectivity index (χ0) is 10.3. The monoisotopic (exact) mass is 218 g/mol. The van der Waals surface area contributed by atoms with E-state index in [0.29, 0.717) is 5.65 Å². The Hall–Kier alpha value is -2.02. The third-order valence-corrected chi connectivity index (χ3v) is 2.70. The second-order valence-electron chi connectivity index (χ2n) is 2.92. The van der Waals surface area contributed by atoms with Crippen LogP contribution in [0.15, 0.2) is 17.9 Å². The summed E-state index contributed by atoms with van der Waals surface area (Å²) < 4.78 is 0. The molecule has 0 bridgehead atoms. The van der Waals surface area contributed by atoms with Gasteiger partial charge in [0.05, 0.1) is 16.6 Å².